The second-order valence-corrected chi connectivity index (χ2v) is 10.3. The first-order chi connectivity index (χ1) is 14.9. The molecule has 4 nitrogen and oxygen atoms in total. The Hall–Kier alpha value is -1.81. The Bertz CT molecular complexity index is 903. The minimum absolute atomic E-state index is 0.0498. The van der Waals surface area contributed by atoms with Crippen LogP contribution in [0.4, 0.5) is 0 Å². The Balaban J connectivity index is 1.56. The highest BCUT2D eigenvalue weighted by Gasteiger charge is 2.34. The Morgan fingerprint density at radius 3 is 2.71 bits per heavy atom. The van der Waals surface area contributed by atoms with E-state index in [1.807, 2.05) is 12.1 Å². The van der Waals surface area contributed by atoms with E-state index >= 15 is 0 Å². The number of benzene rings is 1. The molecule has 1 saturated carbocycles. The molecule has 0 saturated heterocycles. The molecule has 0 radical (unpaired) electrons. The Morgan fingerprint density at radius 1 is 1.19 bits per heavy atom. The summed E-state index contributed by atoms with van der Waals surface area (Å²) in [5, 5.41) is 0.740. The molecular weight excluding hydrogens is 408 g/mol. The molecule has 1 aromatic carbocycles. The smallest absolute Gasteiger partial charge is 0.348 e. The van der Waals surface area contributed by atoms with Gasteiger partial charge < -0.3 is 4.74 Å². The van der Waals surface area contributed by atoms with Gasteiger partial charge in [-0.25, -0.2) is 13.9 Å². The van der Waals surface area contributed by atoms with E-state index in [4.69, 9.17) is 16.3 Å². The molecule has 0 spiro atoms. The van der Waals surface area contributed by atoms with Crippen molar-refractivity contribution >= 4 is 17.6 Å². The van der Waals surface area contributed by atoms with Crippen LogP contribution in [0, 0.1) is 17.8 Å². The van der Waals surface area contributed by atoms with Crippen LogP contribution in [0.5, 0.6) is 0 Å². The molecule has 0 amide bonds. The largest absolute Gasteiger partial charge is 0.459 e. The van der Waals surface area contributed by atoms with Crippen LogP contribution >= 0.6 is 11.6 Å². The summed E-state index contributed by atoms with van der Waals surface area (Å²) < 4.78 is 10.6. The summed E-state index contributed by atoms with van der Waals surface area (Å²) in [6.45, 7) is 8.06. The van der Waals surface area contributed by atoms with Crippen molar-refractivity contribution in [1.82, 2.24) is 4.57 Å². The van der Waals surface area contributed by atoms with E-state index in [0.717, 1.165) is 48.5 Å². The third-order valence-corrected chi connectivity index (χ3v) is 7.43. The van der Waals surface area contributed by atoms with Crippen LogP contribution in [0.15, 0.2) is 30.5 Å². The minimum atomic E-state index is -0.102. The molecule has 2 heterocycles. The Kier molecular flexibility index (Phi) is 7.05. The fourth-order valence-corrected chi connectivity index (χ4v) is 5.55. The van der Waals surface area contributed by atoms with E-state index in [1.54, 1.807) is 0 Å². The number of rotatable bonds is 5. The molecule has 1 aliphatic carbocycles. The molecule has 4 rings (SSSR count). The van der Waals surface area contributed by atoms with Gasteiger partial charge in [0.1, 0.15) is 12.3 Å². The topological polar surface area (TPSA) is 35.1 Å². The van der Waals surface area contributed by atoms with Crippen LogP contribution in [-0.4, -0.2) is 16.6 Å². The van der Waals surface area contributed by atoms with Crippen molar-refractivity contribution in [2.45, 2.75) is 84.9 Å². The standard InChI is InChI=1S/C26H36ClN2O2/c1-18(2)22-13-8-19(3)15-24(22)31-26(30)17-28-16-23(20-9-11-21(27)12-10-20)29-14-6-4-5-7-25(28)29/h9-12,16,18-19,22,24H,4-8,13-15,17H2,1-3H3/q+1/t19-,22-,24+/m1/s1. The molecule has 5 heteroatoms. The van der Waals surface area contributed by atoms with Crippen LogP contribution in [0.1, 0.15) is 65.1 Å². The second-order valence-electron chi connectivity index (χ2n) is 9.88. The van der Waals surface area contributed by atoms with Crippen molar-refractivity contribution < 1.29 is 14.1 Å². The summed E-state index contributed by atoms with van der Waals surface area (Å²) in [5.74, 6) is 2.77. The van der Waals surface area contributed by atoms with Gasteiger partial charge in [0, 0.05) is 17.0 Å². The highest BCUT2D eigenvalue weighted by Crippen LogP contribution is 2.35. The van der Waals surface area contributed by atoms with Gasteiger partial charge >= 0.3 is 5.97 Å². The maximum atomic E-state index is 13.0. The van der Waals surface area contributed by atoms with Crippen LogP contribution in [0.25, 0.3) is 11.3 Å². The first-order valence-electron chi connectivity index (χ1n) is 12.0. The normalized spacial score (nSPS) is 24.0. The number of hydrogen-bond donors (Lipinski definition) is 0. The van der Waals surface area contributed by atoms with E-state index in [-0.39, 0.29) is 12.1 Å². The molecular formula is C26H36ClN2O2+. The number of esters is 1. The average molecular weight is 444 g/mol. The predicted octanol–water partition coefficient (Wildman–Crippen LogP) is 5.83. The lowest BCUT2D eigenvalue weighted by molar-refractivity contribution is -0.692. The van der Waals surface area contributed by atoms with Gasteiger partial charge in [0.15, 0.2) is 12.2 Å². The van der Waals surface area contributed by atoms with E-state index in [2.05, 4.69) is 48.2 Å². The van der Waals surface area contributed by atoms with Gasteiger partial charge in [-0.3, -0.25) is 0 Å². The monoisotopic (exact) mass is 443 g/mol. The molecule has 1 aliphatic heterocycles. The number of aromatic nitrogens is 2. The predicted molar refractivity (Wildman–Crippen MR) is 124 cm³/mol. The van der Waals surface area contributed by atoms with Crippen LogP contribution in [0.3, 0.4) is 0 Å². The van der Waals surface area contributed by atoms with Crippen LogP contribution in [0.2, 0.25) is 5.02 Å². The molecule has 0 unspecified atom stereocenters. The molecule has 168 valence electrons. The molecule has 31 heavy (non-hydrogen) atoms. The fourth-order valence-electron chi connectivity index (χ4n) is 5.43. The van der Waals surface area contributed by atoms with Gasteiger partial charge in [-0.2, -0.15) is 0 Å². The van der Waals surface area contributed by atoms with E-state index < -0.39 is 0 Å². The number of ether oxygens (including phenoxy) is 1. The van der Waals surface area contributed by atoms with Gasteiger partial charge in [0.05, 0.1) is 6.54 Å². The van der Waals surface area contributed by atoms with Crippen molar-refractivity contribution in [3.8, 4) is 11.3 Å². The second kappa shape index (κ2) is 9.77. The lowest BCUT2D eigenvalue weighted by atomic mass is 9.75. The van der Waals surface area contributed by atoms with Gasteiger partial charge in [-0.15, -0.1) is 0 Å². The summed E-state index contributed by atoms with van der Waals surface area (Å²) in [5.41, 5.74) is 2.30. The number of halogens is 1. The van der Waals surface area contributed by atoms with Crippen molar-refractivity contribution in [2.24, 2.45) is 17.8 Å². The van der Waals surface area contributed by atoms with Gasteiger partial charge in [-0.05, 0) is 74.1 Å². The average Bonchev–Trinajstić information content (AvgIpc) is 2.89. The third-order valence-electron chi connectivity index (χ3n) is 7.18. The molecule has 2 aromatic rings. The first kappa shape index (κ1) is 22.4. The molecule has 2 aliphatic rings. The quantitative estimate of drug-likeness (QED) is 0.430. The summed E-state index contributed by atoms with van der Waals surface area (Å²) in [6, 6.07) is 8.00. The number of imidazole rings is 1. The Labute approximate surface area is 191 Å². The molecule has 1 aromatic heterocycles. The van der Waals surface area contributed by atoms with E-state index in [1.165, 1.54) is 25.1 Å². The highest BCUT2D eigenvalue weighted by molar-refractivity contribution is 6.30. The lowest BCUT2D eigenvalue weighted by Crippen LogP contribution is -2.44. The maximum Gasteiger partial charge on any atom is 0.348 e. The number of hydrogen-bond acceptors (Lipinski definition) is 2. The summed E-state index contributed by atoms with van der Waals surface area (Å²) >= 11 is 6.11. The van der Waals surface area contributed by atoms with Gasteiger partial charge in [-0.1, -0.05) is 38.8 Å². The lowest BCUT2D eigenvalue weighted by Gasteiger charge is -2.36. The number of carbonyl (C=O) groups excluding carboxylic acids is 1. The Morgan fingerprint density at radius 2 is 1.97 bits per heavy atom. The van der Waals surface area contributed by atoms with Crippen molar-refractivity contribution in [3.63, 3.8) is 0 Å². The summed E-state index contributed by atoms with van der Waals surface area (Å²) in [6.07, 6.45) is 10.1. The zero-order chi connectivity index (χ0) is 22.0. The third kappa shape index (κ3) is 5.16. The summed E-state index contributed by atoms with van der Waals surface area (Å²) in [7, 11) is 0. The van der Waals surface area contributed by atoms with E-state index in [9.17, 15) is 4.79 Å². The zero-order valence-electron chi connectivity index (χ0n) is 19.1. The SMILES string of the molecule is CC(C)[C@H]1CC[C@@H](C)C[C@@H]1OC(=O)C[n+]1cc(-c2ccc(Cl)cc2)n2c1CCCCC2. The number of carbonyl (C=O) groups is 1. The number of fused-ring (bicyclic) bond motifs is 1. The van der Waals surface area contributed by atoms with Crippen molar-refractivity contribution in [3.05, 3.63) is 41.3 Å². The van der Waals surface area contributed by atoms with Crippen LogP contribution in [-0.2, 0) is 29.0 Å². The highest BCUT2D eigenvalue weighted by atomic mass is 35.5. The van der Waals surface area contributed by atoms with Crippen molar-refractivity contribution in [1.29, 1.82) is 0 Å². The number of nitrogens with zero attached hydrogens (tertiary/aromatic N) is 2. The molecule has 3 atom stereocenters. The maximum absolute atomic E-state index is 13.0. The molecule has 1 fully saturated rings. The van der Waals surface area contributed by atoms with E-state index in [0.29, 0.717) is 24.3 Å². The van der Waals surface area contributed by atoms with Crippen molar-refractivity contribution in [2.75, 3.05) is 0 Å². The first-order valence-corrected chi connectivity index (χ1v) is 12.4. The zero-order valence-corrected chi connectivity index (χ0v) is 19.9. The van der Waals surface area contributed by atoms with Gasteiger partial charge in [0.2, 0.25) is 0 Å². The minimum Gasteiger partial charge on any atom is -0.459 e. The van der Waals surface area contributed by atoms with Gasteiger partial charge in [0.25, 0.3) is 5.82 Å². The van der Waals surface area contributed by atoms with Crippen LogP contribution < -0.4 is 4.57 Å². The molecule has 0 N–H and O–H groups in total. The fraction of sp³-hybridized carbons (Fsp3) is 0.615. The summed E-state index contributed by atoms with van der Waals surface area (Å²) in [4.78, 5) is 13.0. The molecule has 0 bridgehead atoms.